The van der Waals surface area contributed by atoms with Gasteiger partial charge in [-0.05, 0) is 50.1 Å². The number of carbonyl (C=O) groups is 1. The lowest BCUT2D eigenvalue weighted by Gasteiger charge is -2.15. The van der Waals surface area contributed by atoms with Crippen molar-refractivity contribution in [2.75, 3.05) is 11.9 Å². The van der Waals surface area contributed by atoms with Gasteiger partial charge in [-0.3, -0.25) is 4.79 Å². The molecule has 0 saturated heterocycles. The Bertz CT molecular complexity index is 519. The molecular formula is C12H9Br2NOS. The minimum atomic E-state index is -0.00685. The second-order valence-electron chi connectivity index (χ2n) is 3.43. The minimum absolute atomic E-state index is 0.00685. The van der Waals surface area contributed by atoms with Crippen molar-refractivity contribution in [2.24, 2.45) is 0 Å². The Morgan fingerprint density at radius 1 is 1.24 bits per heavy atom. The van der Waals surface area contributed by atoms with Gasteiger partial charge >= 0.3 is 0 Å². The van der Waals surface area contributed by atoms with Crippen molar-refractivity contribution in [3.63, 3.8) is 0 Å². The van der Waals surface area contributed by atoms with Crippen LogP contribution in [0.5, 0.6) is 0 Å². The Kier molecular flexibility index (Phi) is 4.01. The first-order valence-corrected chi connectivity index (χ1v) is 7.28. The summed E-state index contributed by atoms with van der Waals surface area (Å²) in [5.74, 6) is -0.00685. The van der Waals surface area contributed by atoms with E-state index in [1.807, 2.05) is 36.4 Å². The summed E-state index contributed by atoms with van der Waals surface area (Å²) >= 11 is 8.20. The van der Waals surface area contributed by atoms with Crippen LogP contribution in [0.3, 0.4) is 0 Å². The highest BCUT2D eigenvalue weighted by Crippen LogP contribution is 2.33. The molecule has 0 atom stereocenters. The molecule has 5 heteroatoms. The fourth-order valence-corrected chi connectivity index (χ4v) is 3.40. The van der Waals surface area contributed by atoms with Crippen molar-refractivity contribution in [1.82, 2.24) is 0 Å². The van der Waals surface area contributed by atoms with Gasteiger partial charge in [-0.1, -0.05) is 18.2 Å². The number of hydrogen-bond acceptors (Lipinski definition) is 2. The fraction of sp³-hybridized carbons (Fsp3) is 0.0833. The largest absolute Gasteiger partial charge is 0.311 e. The van der Waals surface area contributed by atoms with Crippen LogP contribution in [0.4, 0.5) is 5.69 Å². The number of halogens is 2. The van der Waals surface area contributed by atoms with Crippen molar-refractivity contribution in [3.8, 4) is 0 Å². The Balaban J connectivity index is 2.26. The van der Waals surface area contributed by atoms with E-state index in [9.17, 15) is 4.79 Å². The van der Waals surface area contributed by atoms with Gasteiger partial charge in [0.2, 0.25) is 0 Å². The molecule has 1 aromatic heterocycles. The summed E-state index contributed by atoms with van der Waals surface area (Å²) in [4.78, 5) is 14.6. The molecule has 0 radical (unpaired) electrons. The summed E-state index contributed by atoms with van der Waals surface area (Å²) in [7, 11) is 1.78. The lowest BCUT2D eigenvalue weighted by atomic mass is 10.3. The van der Waals surface area contributed by atoms with Crippen LogP contribution in [0.15, 0.2) is 44.7 Å². The maximum Gasteiger partial charge on any atom is 0.268 e. The van der Waals surface area contributed by atoms with Crippen LogP contribution in [0, 0.1) is 0 Å². The number of rotatable bonds is 2. The van der Waals surface area contributed by atoms with Crippen LogP contribution < -0.4 is 4.90 Å². The molecule has 88 valence electrons. The molecule has 0 aliphatic carbocycles. The van der Waals surface area contributed by atoms with Gasteiger partial charge in [0.25, 0.3) is 5.91 Å². The molecule has 2 aromatic rings. The summed E-state index contributed by atoms with van der Waals surface area (Å²) in [5, 5.41) is 0. The summed E-state index contributed by atoms with van der Waals surface area (Å²) < 4.78 is 1.84. The highest BCUT2D eigenvalue weighted by Gasteiger charge is 2.17. The van der Waals surface area contributed by atoms with Crippen molar-refractivity contribution >= 4 is 54.8 Å². The highest BCUT2D eigenvalue weighted by atomic mass is 79.9. The molecule has 17 heavy (non-hydrogen) atoms. The average Bonchev–Trinajstić information content (AvgIpc) is 2.69. The van der Waals surface area contributed by atoms with Gasteiger partial charge in [0.05, 0.1) is 8.66 Å². The average molecular weight is 375 g/mol. The summed E-state index contributed by atoms with van der Waals surface area (Å²) in [6.45, 7) is 0. The van der Waals surface area contributed by atoms with Crippen LogP contribution in [0.25, 0.3) is 0 Å². The first-order valence-electron chi connectivity index (χ1n) is 4.87. The Morgan fingerprint density at radius 2 is 1.88 bits per heavy atom. The normalized spacial score (nSPS) is 10.3. The van der Waals surface area contributed by atoms with E-state index >= 15 is 0 Å². The Hall–Kier alpha value is -0.650. The quantitative estimate of drug-likeness (QED) is 0.755. The third kappa shape index (κ3) is 2.78. The van der Waals surface area contributed by atoms with Crippen molar-refractivity contribution < 1.29 is 4.79 Å². The summed E-state index contributed by atoms with van der Waals surface area (Å²) in [5.41, 5.74) is 0.887. The third-order valence-electron chi connectivity index (χ3n) is 2.30. The SMILES string of the molecule is CN(C(=O)c1cc(Br)c(Br)s1)c1ccccc1. The number of hydrogen-bond donors (Lipinski definition) is 0. The molecule has 0 unspecified atom stereocenters. The van der Waals surface area contributed by atoms with Gasteiger partial charge in [0.15, 0.2) is 0 Å². The van der Waals surface area contributed by atoms with Gasteiger partial charge in [-0.2, -0.15) is 0 Å². The first-order chi connectivity index (χ1) is 8.09. The van der Waals surface area contributed by atoms with E-state index in [-0.39, 0.29) is 5.91 Å². The fourth-order valence-electron chi connectivity index (χ4n) is 1.39. The molecule has 0 aliphatic rings. The van der Waals surface area contributed by atoms with Crippen LogP contribution >= 0.6 is 43.2 Å². The molecule has 1 amide bonds. The molecule has 0 N–H and O–H groups in total. The monoisotopic (exact) mass is 373 g/mol. The van der Waals surface area contributed by atoms with E-state index in [1.54, 1.807) is 11.9 Å². The minimum Gasteiger partial charge on any atom is -0.311 e. The molecule has 2 rings (SSSR count). The Labute approximate surface area is 121 Å². The first kappa shape index (κ1) is 12.8. The predicted octanol–water partition coefficient (Wildman–Crippen LogP) is 4.55. The van der Waals surface area contributed by atoms with Crippen molar-refractivity contribution in [3.05, 3.63) is 49.5 Å². The van der Waals surface area contributed by atoms with Crippen molar-refractivity contribution in [2.45, 2.75) is 0 Å². The van der Waals surface area contributed by atoms with Crippen LogP contribution in [0.1, 0.15) is 9.67 Å². The zero-order chi connectivity index (χ0) is 12.4. The topological polar surface area (TPSA) is 20.3 Å². The van der Waals surface area contributed by atoms with E-state index in [4.69, 9.17) is 0 Å². The van der Waals surface area contributed by atoms with Gasteiger partial charge in [-0.15, -0.1) is 11.3 Å². The molecular weight excluding hydrogens is 366 g/mol. The number of anilines is 1. The maximum absolute atomic E-state index is 12.2. The molecule has 0 saturated carbocycles. The second kappa shape index (κ2) is 5.33. The lowest BCUT2D eigenvalue weighted by Crippen LogP contribution is -2.25. The number of benzene rings is 1. The molecule has 0 fully saturated rings. The maximum atomic E-state index is 12.2. The van der Waals surface area contributed by atoms with Gasteiger partial charge in [0, 0.05) is 17.2 Å². The van der Waals surface area contributed by atoms with Gasteiger partial charge < -0.3 is 4.90 Å². The van der Waals surface area contributed by atoms with E-state index in [0.29, 0.717) is 4.88 Å². The standard InChI is InChI=1S/C12H9Br2NOS/c1-15(8-5-3-2-4-6-8)12(16)10-7-9(13)11(14)17-10/h2-7H,1H3. The number of nitrogens with zero attached hydrogens (tertiary/aromatic N) is 1. The van der Waals surface area contributed by atoms with Gasteiger partial charge in [0.1, 0.15) is 0 Å². The zero-order valence-electron chi connectivity index (χ0n) is 8.98. The van der Waals surface area contributed by atoms with E-state index in [1.165, 1.54) is 11.3 Å². The second-order valence-corrected chi connectivity index (χ2v) is 6.66. The van der Waals surface area contributed by atoms with Crippen LogP contribution in [0.2, 0.25) is 0 Å². The molecule has 2 nitrogen and oxygen atoms in total. The summed E-state index contributed by atoms with van der Waals surface area (Å²) in [6, 6.07) is 11.4. The van der Waals surface area contributed by atoms with Gasteiger partial charge in [-0.25, -0.2) is 0 Å². The highest BCUT2D eigenvalue weighted by molar-refractivity contribution is 9.13. The van der Waals surface area contributed by atoms with Crippen LogP contribution in [-0.2, 0) is 0 Å². The molecule has 0 aliphatic heterocycles. The third-order valence-corrected chi connectivity index (χ3v) is 5.55. The molecule has 1 heterocycles. The number of amides is 1. The molecule has 0 spiro atoms. The Morgan fingerprint density at radius 3 is 2.41 bits per heavy atom. The van der Waals surface area contributed by atoms with E-state index in [2.05, 4.69) is 31.9 Å². The molecule has 1 aromatic carbocycles. The van der Waals surface area contributed by atoms with Crippen molar-refractivity contribution in [1.29, 1.82) is 0 Å². The van der Waals surface area contributed by atoms with E-state index < -0.39 is 0 Å². The lowest BCUT2D eigenvalue weighted by molar-refractivity contribution is 0.0997. The number of para-hydroxylation sites is 1. The summed E-state index contributed by atoms with van der Waals surface area (Å²) in [6.07, 6.45) is 0. The van der Waals surface area contributed by atoms with E-state index in [0.717, 1.165) is 13.9 Å². The smallest absolute Gasteiger partial charge is 0.268 e. The number of carbonyl (C=O) groups excluding carboxylic acids is 1. The zero-order valence-corrected chi connectivity index (χ0v) is 13.0. The van der Waals surface area contributed by atoms with Crippen LogP contribution in [-0.4, -0.2) is 13.0 Å². The number of thiophene rings is 1. The predicted molar refractivity (Wildman–Crippen MR) is 78.9 cm³/mol. The molecule has 0 bridgehead atoms.